The zero-order valence-electron chi connectivity index (χ0n) is 27.9. The number of carbonyl (C=O) groups is 2. The molecule has 15 heteroatoms. The lowest BCUT2D eigenvalue weighted by Crippen LogP contribution is -2.61. The van der Waals surface area contributed by atoms with Gasteiger partial charge in [-0.1, -0.05) is 24.3 Å². The molecule has 1 fully saturated rings. The average molecular weight is 741 g/mol. The average Bonchev–Trinajstić information content (AvgIpc) is 3.14. The second kappa shape index (κ2) is 15.8. The molecule has 15 nitrogen and oxygen atoms in total. The third kappa shape index (κ3) is 8.45. The summed E-state index contributed by atoms with van der Waals surface area (Å²) in [5.41, 5.74) is 0.00793. The van der Waals surface area contributed by atoms with E-state index >= 15 is 0 Å². The van der Waals surface area contributed by atoms with Crippen LogP contribution in [-0.2, 0) is 23.8 Å². The van der Waals surface area contributed by atoms with Crippen molar-refractivity contribution in [1.82, 2.24) is 0 Å². The topological polar surface area (TPSA) is 243 Å². The van der Waals surface area contributed by atoms with Crippen molar-refractivity contribution in [2.24, 2.45) is 0 Å². The Kier molecular flexibility index (Phi) is 10.8. The summed E-state index contributed by atoms with van der Waals surface area (Å²) in [6.45, 7) is -0.666. The van der Waals surface area contributed by atoms with Gasteiger partial charge in [-0.05, 0) is 71.8 Å². The summed E-state index contributed by atoms with van der Waals surface area (Å²) in [6.07, 6.45) is -4.24. The fourth-order valence-electron chi connectivity index (χ4n) is 5.46. The van der Waals surface area contributed by atoms with Gasteiger partial charge in [0.2, 0.25) is 17.5 Å². The molecule has 0 radical (unpaired) electrons. The Balaban J connectivity index is 1.32. The summed E-state index contributed by atoms with van der Waals surface area (Å²) in [6, 6.07) is 19.0. The number of phenols is 5. The van der Waals surface area contributed by atoms with Crippen molar-refractivity contribution in [3.8, 4) is 45.8 Å². The Morgan fingerprint density at radius 3 is 1.85 bits per heavy atom. The molecule has 0 aliphatic carbocycles. The van der Waals surface area contributed by atoms with E-state index < -0.39 is 77.3 Å². The van der Waals surface area contributed by atoms with E-state index in [1.807, 2.05) is 0 Å². The molecule has 1 saturated heterocycles. The Bertz CT molecular complexity index is 2260. The van der Waals surface area contributed by atoms with Crippen molar-refractivity contribution < 1.29 is 68.7 Å². The molecule has 0 saturated carbocycles. The van der Waals surface area contributed by atoms with Crippen LogP contribution < -0.4 is 10.2 Å². The second-order valence-corrected chi connectivity index (χ2v) is 12.0. The van der Waals surface area contributed by atoms with Crippen LogP contribution in [-0.4, -0.2) is 85.0 Å². The number of phenolic OH excluding ortho intramolecular Hbond substituents is 5. The number of ether oxygens (including phenoxy) is 4. The highest BCUT2D eigenvalue weighted by molar-refractivity contribution is 5.89. The maximum atomic E-state index is 13.9. The van der Waals surface area contributed by atoms with Crippen LogP contribution in [0.4, 0.5) is 0 Å². The Hall–Kier alpha value is -6.81. The van der Waals surface area contributed by atoms with Crippen LogP contribution in [0.3, 0.4) is 0 Å². The lowest BCUT2D eigenvalue weighted by atomic mass is 9.98. The molecule has 54 heavy (non-hydrogen) atoms. The van der Waals surface area contributed by atoms with Gasteiger partial charge in [0.1, 0.15) is 58.5 Å². The van der Waals surface area contributed by atoms with Gasteiger partial charge in [-0.3, -0.25) is 4.79 Å². The van der Waals surface area contributed by atoms with Crippen molar-refractivity contribution in [3.05, 3.63) is 118 Å². The quantitative estimate of drug-likeness (QED) is 0.0798. The highest BCUT2D eigenvalue weighted by Crippen LogP contribution is 2.38. The van der Waals surface area contributed by atoms with Crippen LogP contribution in [0.1, 0.15) is 11.1 Å². The van der Waals surface area contributed by atoms with Crippen LogP contribution in [0, 0.1) is 0 Å². The molecule has 5 atom stereocenters. The van der Waals surface area contributed by atoms with E-state index in [-0.39, 0.29) is 34.2 Å². The number of aromatic hydroxyl groups is 5. The molecule has 0 spiro atoms. The number of rotatable bonds is 10. The number of fused-ring (bicyclic) bond motifs is 1. The molecule has 5 aromatic rings. The zero-order chi connectivity index (χ0) is 38.5. The van der Waals surface area contributed by atoms with Gasteiger partial charge < -0.3 is 59.1 Å². The molecule has 0 unspecified atom stereocenters. The molecule has 278 valence electrons. The number of esters is 2. The summed E-state index contributed by atoms with van der Waals surface area (Å²) in [5, 5.41) is 71.7. The SMILES string of the molecule is O=C(C=Cc1ccc(O)cc1)OC[C@H]1O[C@@H](Oc2c(-c3ccc(O)cc3)oc3cc(O)cc(O)c3c2=O)[C@H](O)[C@@H](OC(=O)C=Cc2ccc(O)cc2)[C@@H]1O. The smallest absolute Gasteiger partial charge is 0.331 e. The minimum absolute atomic E-state index is 0.000756. The molecular formula is C39H32O15. The van der Waals surface area contributed by atoms with Crippen LogP contribution in [0.15, 0.2) is 106 Å². The summed E-state index contributed by atoms with van der Waals surface area (Å²) in [5.74, 6) is -4.01. The molecule has 2 heterocycles. The highest BCUT2D eigenvalue weighted by atomic mass is 16.7. The first-order valence-corrected chi connectivity index (χ1v) is 16.2. The van der Waals surface area contributed by atoms with Crippen molar-refractivity contribution in [2.75, 3.05) is 6.61 Å². The van der Waals surface area contributed by atoms with Gasteiger partial charge in [0.25, 0.3) is 0 Å². The van der Waals surface area contributed by atoms with Gasteiger partial charge >= 0.3 is 11.9 Å². The first-order valence-electron chi connectivity index (χ1n) is 16.2. The number of hydrogen-bond donors (Lipinski definition) is 7. The Morgan fingerprint density at radius 2 is 1.26 bits per heavy atom. The van der Waals surface area contributed by atoms with Crippen LogP contribution in [0.2, 0.25) is 0 Å². The highest BCUT2D eigenvalue weighted by Gasteiger charge is 2.49. The summed E-state index contributed by atoms with van der Waals surface area (Å²) < 4.78 is 28.3. The summed E-state index contributed by atoms with van der Waals surface area (Å²) >= 11 is 0. The molecule has 1 aliphatic rings. The molecule has 0 bridgehead atoms. The van der Waals surface area contributed by atoms with Crippen LogP contribution in [0.25, 0.3) is 34.4 Å². The number of benzene rings is 4. The second-order valence-electron chi connectivity index (χ2n) is 12.0. The van der Waals surface area contributed by atoms with Gasteiger partial charge in [-0.15, -0.1) is 0 Å². The van der Waals surface area contributed by atoms with Crippen LogP contribution >= 0.6 is 0 Å². The summed E-state index contributed by atoms with van der Waals surface area (Å²) in [4.78, 5) is 39.5. The van der Waals surface area contributed by atoms with Gasteiger partial charge in [0.15, 0.2) is 18.0 Å². The van der Waals surface area contributed by atoms with E-state index in [9.17, 15) is 50.1 Å². The third-order valence-electron chi connectivity index (χ3n) is 8.18. The lowest BCUT2D eigenvalue weighted by molar-refractivity contribution is -0.281. The van der Waals surface area contributed by atoms with Crippen molar-refractivity contribution in [1.29, 1.82) is 0 Å². The Morgan fingerprint density at radius 1 is 0.704 bits per heavy atom. The van der Waals surface area contributed by atoms with E-state index in [1.54, 1.807) is 12.1 Å². The van der Waals surface area contributed by atoms with Crippen LogP contribution in [0.5, 0.6) is 34.5 Å². The fourth-order valence-corrected chi connectivity index (χ4v) is 5.46. The Labute approximate surface area is 305 Å². The molecule has 1 aliphatic heterocycles. The largest absolute Gasteiger partial charge is 0.508 e. The van der Waals surface area contributed by atoms with Crippen molar-refractivity contribution >= 4 is 35.1 Å². The normalized spacial score (nSPS) is 19.9. The maximum absolute atomic E-state index is 13.9. The molecule has 7 N–H and O–H groups in total. The van der Waals surface area contributed by atoms with E-state index in [0.717, 1.165) is 24.3 Å². The molecule has 4 aromatic carbocycles. The van der Waals surface area contributed by atoms with Crippen molar-refractivity contribution in [3.63, 3.8) is 0 Å². The number of aliphatic hydroxyl groups is 2. The van der Waals surface area contributed by atoms with E-state index in [4.69, 9.17) is 23.4 Å². The monoisotopic (exact) mass is 740 g/mol. The zero-order valence-corrected chi connectivity index (χ0v) is 27.9. The van der Waals surface area contributed by atoms with Gasteiger partial charge in [0, 0.05) is 29.8 Å². The number of aliphatic hydroxyl groups excluding tert-OH is 2. The fraction of sp³-hybridized carbons (Fsp3) is 0.154. The number of hydrogen-bond acceptors (Lipinski definition) is 15. The maximum Gasteiger partial charge on any atom is 0.331 e. The van der Waals surface area contributed by atoms with Gasteiger partial charge in [-0.25, -0.2) is 9.59 Å². The standard InChI is InChI=1S/C39H32O15/c40-23-9-1-20(2-10-23)5-15-30(45)50-19-29-33(47)37(53-31(46)16-6-21-3-11-24(41)12-4-21)35(49)39(52-29)54-38-34(48)32-27(44)17-26(43)18-28(32)51-36(38)22-7-13-25(42)14-8-22/h1-18,29,33,35,37,39-44,47,49H,19H2/t29-,33-,35-,37+,39+/m1/s1. The third-order valence-corrected chi connectivity index (χ3v) is 8.18. The molecule has 6 rings (SSSR count). The number of carbonyl (C=O) groups excluding carboxylic acids is 2. The minimum atomic E-state index is -2.00. The van der Waals surface area contributed by atoms with E-state index in [2.05, 4.69) is 0 Å². The van der Waals surface area contributed by atoms with Gasteiger partial charge in [0.05, 0.1) is 0 Å². The van der Waals surface area contributed by atoms with Gasteiger partial charge in [-0.2, -0.15) is 0 Å². The first kappa shape index (κ1) is 37.0. The molecule has 0 amide bonds. The van der Waals surface area contributed by atoms with Crippen molar-refractivity contribution in [2.45, 2.75) is 30.7 Å². The summed E-state index contributed by atoms with van der Waals surface area (Å²) in [7, 11) is 0. The minimum Gasteiger partial charge on any atom is -0.508 e. The molecular weight excluding hydrogens is 708 g/mol. The first-order chi connectivity index (χ1) is 25.9. The molecule has 1 aromatic heterocycles. The lowest BCUT2D eigenvalue weighted by Gasteiger charge is -2.41. The predicted octanol–water partition coefficient (Wildman–Crippen LogP) is 3.70. The predicted molar refractivity (Wildman–Crippen MR) is 189 cm³/mol. The van der Waals surface area contributed by atoms with E-state index in [1.165, 1.54) is 72.8 Å². The van der Waals surface area contributed by atoms with E-state index in [0.29, 0.717) is 11.1 Å².